The third-order valence-corrected chi connectivity index (χ3v) is 2.90. The van der Waals surface area contributed by atoms with Gasteiger partial charge in [0.05, 0.1) is 0 Å². The van der Waals surface area contributed by atoms with Crippen LogP contribution in [0.3, 0.4) is 0 Å². The number of aliphatic imine (C=N–C) groups is 1. The molecule has 106 valence electrons. The van der Waals surface area contributed by atoms with E-state index in [1.54, 1.807) is 0 Å². The molecule has 0 atom stereocenters. The third kappa shape index (κ3) is 15.2. The van der Waals surface area contributed by atoms with E-state index in [1.165, 1.54) is 18.9 Å². The lowest BCUT2D eigenvalue weighted by Gasteiger charge is -2.06. The molecular formula is C10H24ClN5OSi. The first-order valence-electron chi connectivity index (χ1n) is 5.92. The highest BCUT2D eigenvalue weighted by molar-refractivity contribution is 6.27. The quantitative estimate of drug-likeness (QED) is 0.267. The molecule has 1 aliphatic rings. The molecule has 0 amide bonds. The standard InChI is InChI=1S/C6H15N5.C4H8OSi.ClH/c1-2-3-4-10-6(9)11-5(7)8;1-2-4-6-5-3-1;/h2-4H2,1H3,(H6,7,8,9,10,11);1-4H2;1H. The highest BCUT2D eigenvalue weighted by Gasteiger charge is 1.97. The van der Waals surface area contributed by atoms with Crippen molar-refractivity contribution < 1.29 is 4.43 Å². The van der Waals surface area contributed by atoms with Crippen molar-refractivity contribution in [2.75, 3.05) is 13.2 Å². The Bertz CT molecular complexity index is 225. The molecule has 18 heavy (non-hydrogen) atoms. The molecule has 1 saturated heterocycles. The van der Waals surface area contributed by atoms with Crippen molar-refractivity contribution in [1.29, 1.82) is 5.41 Å². The average molecular weight is 294 g/mol. The highest BCUT2D eigenvalue weighted by atomic mass is 35.5. The molecule has 0 aromatic carbocycles. The summed E-state index contributed by atoms with van der Waals surface area (Å²) in [5.74, 6) is 0.0358. The molecule has 1 aliphatic heterocycles. The summed E-state index contributed by atoms with van der Waals surface area (Å²) < 4.78 is 5.10. The zero-order valence-electron chi connectivity index (χ0n) is 10.9. The van der Waals surface area contributed by atoms with Crippen LogP contribution in [-0.2, 0) is 4.43 Å². The molecular weight excluding hydrogens is 270 g/mol. The molecule has 2 radical (unpaired) electrons. The van der Waals surface area contributed by atoms with Gasteiger partial charge in [-0.2, -0.15) is 0 Å². The van der Waals surface area contributed by atoms with Gasteiger partial charge < -0.3 is 15.9 Å². The molecule has 6 nitrogen and oxygen atoms in total. The fraction of sp³-hybridized carbons (Fsp3) is 0.800. The van der Waals surface area contributed by atoms with E-state index in [-0.39, 0.29) is 24.3 Å². The van der Waals surface area contributed by atoms with E-state index in [0.29, 0.717) is 6.54 Å². The van der Waals surface area contributed by atoms with Crippen molar-refractivity contribution in [2.24, 2.45) is 16.5 Å². The van der Waals surface area contributed by atoms with E-state index in [4.69, 9.17) is 21.3 Å². The molecule has 1 heterocycles. The molecule has 1 fully saturated rings. The summed E-state index contributed by atoms with van der Waals surface area (Å²) >= 11 is 0. The van der Waals surface area contributed by atoms with Crippen LogP contribution in [0.4, 0.5) is 0 Å². The second-order valence-electron chi connectivity index (χ2n) is 3.61. The number of hydrogen-bond donors (Lipinski definition) is 4. The molecule has 8 heteroatoms. The molecule has 0 bridgehead atoms. The Hall–Kier alpha value is -0.793. The number of nitrogens with two attached hydrogens (primary N) is 2. The number of nitrogens with zero attached hydrogens (tertiary/aromatic N) is 1. The maximum Gasteiger partial charge on any atom is 0.229 e. The predicted molar refractivity (Wildman–Crippen MR) is 79.4 cm³/mol. The average Bonchev–Trinajstić information content (AvgIpc) is 2.31. The topological polar surface area (TPSA) is 110 Å². The van der Waals surface area contributed by atoms with Crippen molar-refractivity contribution in [1.82, 2.24) is 5.32 Å². The van der Waals surface area contributed by atoms with Crippen LogP contribution in [0.5, 0.6) is 0 Å². The fourth-order valence-corrected chi connectivity index (χ4v) is 1.88. The van der Waals surface area contributed by atoms with Crippen LogP contribution in [0.2, 0.25) is 6.04 Å². The van der Waals surface area contributed by atoms with E-state index in [9.17, 15) is 0 Å². The van der Waals surface area contributed by atoms with Crippen LogP contribution in [-0.4, -0.2) is 34.8 Å². The largest absolute Gasteiger partial charge is 0.417 e. The van der Waals surface area contributed by atoms with E-state index >= 15 is 0 Å². The van der Waals surface area contributed by atoms with Gasteiger partial charge in [-0.3, -0.25) is 15.7 Å². The van der Waals surface area contributed by atoms with Gasteiger partial charge >= 0.3 is 0 Å². The van der Waals surface area contributed by atoms with Gasteiger partial charge in [-0.1, -0.05) is 19.8 Å². The fourth-order valence-electron chi connectivity index (χ4n) is 1.05. The first-order valence-corrected chi connectivity index (χ1v) is 7.04. The summed E-state index contributed by atoms with van der Waals surface area (Å²) in [6, 6.07) is 1.31. The van der Waals surface area contributed by atoms with Gasteiger partial charge in [0.2, 0.25) is 9.76 Å². The Labute approximate surface area is 118 Å². The maximum absolute atomic E-state index is 6.81. The van der Waals surface area contributed by atoms with Gasteiger partial charge in [0.25, 0.3) is 0 Å². The third-order valence-electron chi connectivity index (χ3n) is 1.93. The molecule has 0 aromatic rings. The summed E-state index contributed by atoms with van der Waals surface area (Å²) in [6.07, 6.45) is 4.75. The van der Waals surface area contributed by atoms with Crippen molar-refractivity contribution >= 4 is 34.1 Å². The molecule has 1 rings (SSSR count). The normalized spacial score (nSPS) is 14.8. The van der Waals surface area contributed by atoms with Crippen LogP contribution >= 0.6 is 12.4 Å². The van der Waals surface area contributed by atoms with E-state index < -0.39 is 0 Å². The van der Waals surface area contributed by atoms with Crippen molar-refractivity contribution in [2.45, 2.75) is 38.7 Å². The van der Waals surface area contributed by atoms with E-state index in [2.05, 4.69) is 17.2 Å². The predicted octanol–water partition coefficient (Wildman–Crippen LogP) is 0.840. The number of rotatable bonds is 3. The highest BCUT2D eigenvalue weighted by Crippen LogP contribution is 2.01. The van der Waals surface area contributed by atoms with Crippen LogP contribution in [0.25, 0.3) is 0 Å². The maximum atomic E-state index is 6.81. The Balaban J connectivity index is 0. The number of nitrogens with one attached hydrogen (secondary N) is 2. The summed E-state index contributed by atoms with van der Waals surface area (Å²) in [5, 5.41) is 9.20. The zero-order chi connectivity index (χ0) is 12.9. The second kappa shape index (κ2) is 14.3. The minimum absolute atomic E-state index is 0. The molecule has 6 N–H and O–H groups in total. The Morgan fingerprint density at radius 2 is 2.17 bits per heavy atom. The number of halogens is 1. The minimum atomic E-state index is -0.178. The lowest BCUT2D eigenvalue weighted by atomic mass is 10.3. The van der Waals surface area contributed by atoms with Crippen molar-refractivity contribution in [3.05, 3.63) is 0 Å². The first-order chi connectivity index (χ1) is 8.16. The SMILES string of the molecule is C1CC[Si]OC1.CCCCN=C(N)NC(=N)N.Cl. The van der Waals surface area contributed by atoms with Gasteiger partial charge in [0, 0.05) is 13.2 Å². The van der Waals surface area contributed by atoms with Gasteiger partial charge in [0.1, 0.15) is 0 Å². The summed E-state index contributed by atoms with van der Waals surface area (Å²) in [6.45, 7) is 3.77. The summed E-state index contributed by atoms with van der Waals surface area (Å²) in [5.41, 5.74) is 10.3. The first kappa shape index (κ1) is 19.5. The van der Waals surface area contributed by atoms with E-state index in [0.717, 1.165) is 29.2 Å². The van der Waals surface area contributed by atoms with Gasteiger partial charge in [0.15, 0.2) is 11.9 Å². The Morgan fingerprint density at radius 3 is 2.50 bits per heavy atom. The van der Waals surface area contributed by atoms with Gasteiger partial charge in [-0.15, -0.1) is 12.4 Å². The number of unbranched alkanes of at least 4 members (excludes halogenated alkanes) is 1. The van der Waals surface area contributed by atoms with Crippen molar-refractivity contribution in [3.63, 3.8) is 0 Å². The lowest BCUT2D eigenvalue weighted by Crippen LogP contribution is -2.40. The number of hydrogen-bond acceptors (Lipinski definition) is 3. The lowest BCUT2D eigenvalue weighted by molar-refractivity contribution is 0.304. The molecule has 0 aliphatic carbocycles. The summed E-state index contributed by atoms with van der Waals surface area (Å²) in [4.78, 5) is 3.92. The van der Waals surface area contributed by atoms with Crippen molar-refractivity contribution in [3.8, 4) is 0 Å². The van der Waals surface area contributed by atoms with Crippen LogP contribution in [0.1, 0.15) is 32.6 Å². The second-order valence-corrected chi connectivity index (χ2v) is 4.69. The Kier molecular flexibility index (Phi) is 15.5. The number of guanidine groups is 2. The minimum Gasteiger partial charge on any atom is -0.417 e. The van der Waals surface area contributed by atoms with Crippen LogP contribution in [0.15, 0.2) is 4.99 Å². The molecule has 0 aromatic heterocycles. The molecule has 0 saturated carbocycles. The Morgan fingerprint density at radius 1 is 1.44 bits per heavy atom. The van der Waals surface area contributed by atoms with E-state index in [1.807, 2.05) is 0 Å². The van der Waals surface area contributed by atoms with Crippen LogP contribution in [0, 0.1) is 5.41 Å². The summed E-state index contributed by atoms with van der Waals surface area (Å²) in [7, 11) is 0.802. The van der Waals surface area contributed by atoms with Crippen LogP contribution < -0.4 is 16.8 Å². The van der Waals surface area contributed by atoms with Gasteiger partial charge in [-0.25, -0.2) is 0 Å². The monoisotopic (exact) mass is 293 g/mol. The smallest absolute Gasteiger partial charge is 0.229 e. The molecule has 0 spiro atoms. The molecule has 0 unspecified atom stereocenters. The zero-order valence-corrected chi connectivity index (χ0v) is 12.7. The van der Waals surface area contributed by atoms with Gasteiger partial charge in [-0.05, 0) is 18.9 Å².